The predicted molar refractivity (Wildman–Crippen MR) is 118 cm³/mol. The molecule has 0 atom stereocenters. The lowest BCUT2D eigenvalue weighted by Crippen LogP contribution is -2.41. The van der Waals surface area contributed by atoms with Crippen LogP contribution in [0, 0.1) is 0 Å². The Morgan fingerprint density at radius 2 is 1.26 bits per heavy atom. The van der Waals surface area contributed by atoms with Gasteiger partial charge >= 0.3 is 0 Å². The monoisotopic (exact) mass is 472 g/mol. The van der Waals surface area contributed by atoms with Gasteiger partial charge in [0.15, 0.2) is 0 Å². The first kappa shape index (κ1) is 28.4. The fraction of sp³-hybridized carbons (Fsp3) is 0.222. The minimum Gasteiger partial charge on any atom is -0.276 e. The smallest absolute Gasteiger partial charge is 0.255 e. The Labute approximate surface area is 185 Å². The lowest BCUT2D eigenvalue weighted by atomic mass is 10.1. The highest BCUT2D eigenvalue weighted by Crippen LogP contribution is 2.25. The molecule has 2 aromatic carbocycles. The lowest BCUT2D eigenvalue weighted by molar-refractivity contribution is 0.107. The van der Waals surface area contributed by atoms with Gasteiger partial charge in [0, 0.05) is 11.1 Å². The number of benzene rings is 2. The minimum atomic E-state index is -0.638. The molecule has 0 saturated carbocycles. The van der Waals surface area contributed by atoms with Crippen molar-refractivity contribution in [2.75, 3.05) is 0 Å². The molecule has 27 heavy (non-hydrogen) atoms. The van der Waals surface area contributed by atoms with Crippen LogP contribution >= 0.6 is 58.8 Å². The maximum Gasteiger partial charge on any atom is 0.255 e. The van der Waals surface area contributed by atoms with Crippen molar-refractivity contribution in [3.8, 4) is 0 Å². The Morgan fingerprint density at radius 1 is 0.852 bits per heavy atom. The van der Waals surface area contributed by atoms with Crippen LogP contribution < -0.4 is 11.3 Å². The third-order valence-corrected chi connectivity index (χ3v) is 3.63. The summed E-state index contributed by atoms with van der Waals surface area (Å²) in [7, 11) is 0. The SMILES string of the molecule is CC(C)(C)NN.Cl.O=C(Cl)c1c(Cl)cccc1Cl.O=C(Cl)c1ccccc1. The number of nitrogens with two attached hydrogens (primary N) is 1. The van der Waals surface area contributed by atoms with Gasteiger partial charge in [0.1, 0.15) is 0 Å². The normalized spacial score (nSPS) is 9.63. The van der Waals surface area contributed by atoms with E-state index in [0.717, 1.165) is 0 Å². The highest BCUT2D eigenvalue weighted by Gasteiger charge is 2.10. The molecule has 4 nitrogen and oxygen atoms in total. The number of hydrazine groups is 1. The quantitative estimate of drug-likeness (QED) is 0.313. The Hall–Kier alpha value is -0.850. The molecule has 2 rings (SSSR count). The highest BCUT2D eigenvalue weighted by molar-refractivity contribution is 6.70. The summed E-state index contributed by atoms with van der Waals surface area (Å²) in [6.45, 7) is 6.02. The molecule has 3 N–H and O–H groups in total. The molecule has 0 amide bonds. The van der Waals surface area contributed by atoms with E-state index in [1.807, 2.05) is 26.8 Å². The van der Waals surface area contributed by atoms with Crippen LogP contribution in [0.25, 0.3) is 0 Å². The Kier molecular flexibility index (Phi) is 14.9. The van der Waals surface area contributed by atoms with Crippen LogP contribution in [-0.4, -0.2) is 16.0 Å². The molecular weight excluding hydrogens is 453 g/mol. The zero-order chi connectivity index (χ0) is 20.3. The summed E-state index contributed by atoms with van der Waals surface area (Å²) in [4.78, 5) is 21.1. The van der Waals surface area contributed by atoms with E-state index >= 15 is 0 Å². The molecule has 0 unspecified atom stereocenters. The van der Waals surface area contributed by atoms with Gasteiger partial charge < -0.3 is 0 Å². The van der Waals surface area contributed by atoms with Crippen LogP contribution in [0.1, 0.15) is 41.5 Å². The van der Waals surface area contributed by atoms with Gasteiger partial charge in [-0.3, -0.25) is 20.9 Å². The first-order valence-corrected chi connectivity index (χ1v) is 8.87. The van der Waals surface area contributed by atoms with E-state index in [0.29, 0.717) is 5.56 Å². The van der Waals surface area contributed by atoms with Gasteiger partial charge in [0.05, 0.1) is 15.6 Å². The van der Waals surface area contributed by atoms with Crippen LogP contribution in [-0.2, 0) is 0 Å². The summed E-state index contributed by atoms with van der Waals surface area (Å²) in [6.07, 6.45) is 0. The lowest BCUT2D eigenvalue weighted by Gasteiger charge is -2.14. The number of nitrogens with one attached hydrogen (secondary N) is 1. The number of carbonyl (C=O) groups is 2. The van der Waals surface area contributed by atoms with Crippen molar-refractivity contribution >= 4 is 69.3 Å². The average Bonchev–Trinajstić information content (AvgIpc) is 2.55. The van der Waals surface area contributed by atoms with E-state index in [9.17, 15) is 9.59 Å². The zero-order valence-corrected chi connectivity index (χ0v) is 18.8. The van der Waals surface area contributed by atoms with Crippen molar-refractivity contribution in [2.24, 2.45) is 5.84 Å². The third kappa shape index (κ3) is 13.0. The molecule has 0 heterocycles. The summed E-state index contributed by atoms with van der Waals surface area (Å²) < 4.78 is 0. The Balaban J connectivity index is 0. The van der Waals surface area contributed by atoms with Crippen LogP contribution in [0.3, 0.4) is 0 Å². The van der Waals surface area contributed by atoms with E-state index < -0.39 is 10.5 Å². The topological polar surface area (TPSA) is 72.2 Å². The number of hydrogen-bond donors (Lipinski definition) is 2. The van der Waals surface area contributed by atoms with E-state index in [1.54, 1.807) is 42.5 Å². The molecule has 0 aliphatic heterocycles. The molecule has 0 spiro atoms. The van der Waals surface area contributed by atoms with Crippen molar-refractivity contribution in [3.63, 3.8) is 0 Å². The first-order valence-electron chi connectivity index (χ1n) is 7.36. The van der Waals surface area contributed by atoms with E-state index in [-0.39, 0.29) is 33.6 Å². The van der Waals surface area contributed by atoms with E-state index in [4.69, 9.17) is 52.2 Å². The zero-order valence-electron chi connectivity index (χ0n) is 14.9. The van der Waals surface area contributed by atoms with Gasteiger partial charge in [-0.25, -0.2) is 0 Å². The van der Waals surface area contributed by atoms with Crippen molar-refractivity contribution in [3.05, 3.63) is 69.7 Å². The average molecular weight is 475 g/mol. The van der Waals surface area contributed by atoms with Crippen molar-refractivity contribution in [2.45, 2.75) is 26.3 Å². The highest BCUT2D eigenvalue weighted by atomic mass is 35.5. The number of rotatable bonds is 2. The van der Waals surface area contributed by atoms with Gasteiger partial charge in [-0.1, -0.05) is 59.6 Å². The van der Waals surface area contributed by atoms with Gasteiger partial charge in [-0.05, 0) is 56.1 Å². The summed E-state index contributed by atoms with van der Waals surface area (Å²) in [5.74, 6) is 5.06. The number of hydrogen-bond acceptors (Lipinski definition) is 4. The van der Waals surface area contributed by atoms with Crippen LogP contribution in [0.2, 0.25) is 10.0 Å². The first-order chi connectivity index (χ1) is 12.0. The van der Waals surface area contributed by atoms with Gasteiger partial charge in [0.2, 0.25) is 0 Å². The number of carbonyl (C=O) groups excluding carboxylic acids is 2. The molecule has 0 fully saturated rings. The van der Waals surface area contributed by atoms with Gasteiger partial charge in [-0.15, -0.1) is 12.4 Å². The van der Waals surface area contributed by atoms with Gasteiger partial charge in [0.25, 0.3) is 10.5 Å². The van der Waals surface area contributed by atoms with Crippen molar-refractivity contribution in [1.82, 2.24) is 5.43 Å². The van der Waals surface area contributed by atoms with E-state index in [2.05, 4.69) is 5.43 Å². The Morgan fingerprint density at radius 3 is 1.48 bits per heavy atom. The molecule has 0 aromatic heterocycles. The molecule has 0 saturated heterocycles. The second-order valence-corrected chi connectivity index (χ2v) is 7.41. The fourth-order valence-electron chi connectivity index (χ4n) is 1.25. The second-order valence-electron chi connectivity index (χ2n) is 5.90. The third-order valence-electron chi connectivity index (χ3n) is 2.59. The fourth-order valence-corrected chi connectivity index (χ4v) is 2.25. The summed E-state index contributed by atoms with van der Waals surface area (Å²) in [6, 6.07) is 13.5. The maximum absolute atomic E-state index is 10.7. The molecule has 9 heteroatoms. The molecule has 150 valence electrons. The minimum absolute atomic E-state index is 0. The summed E-state index contributed by atoms with van der Waals surface area (Å²) >= 11 is 21.6. The van der Waals surface area contributed by atoms with Crippen molar-refractivity contribution in [1.29, 1.82) is 0 Å². The summed E-state index contributed by atoms with van der Waals surface area (Å²) in [5.41, 5.74) is 3.38. The van der Waals surface area contributed by atoms with Crippen LogP contribution in [0.5, 0.6) is 0 Å². The molecule has 2 aromatic rings. The van der Waals surface area contributed by atoms with E-state index in [1.165, 1.54) is 0 Å². The van der Waals surface area contributed by atoms with Crippen LogP contribution in [0.4, 0.5) is 0 Å². The second kappa shape index (κ2) is 14.2. The molecule has 0 bridgehead atoms. The summed E-state index contributed by atoms with van der Waals surface area (Å²) in [5, 5.41) is -0.494. The number of halogens is 5. The Bertz CT molecular complexity index is 699. The molecule has 0 aliphatic rings. The van der Waals surface area contributed by atoms with Gasteiger partial charge in [-0.2, -0.15) is 0 Å². The largest absolute Gasteiger partial charge is 0.276 e. The van der Waals surface area contributed by atoms with Crippen LogP contribution in [0.15, 0.2) is 48.5 Å². The standard InChI is InChI=1S/C7H3Cl3O.C7H5ClO.C4H12N2.ClH/c8-4-2-1-3-5(9)6(4)7(10)11;8-7(9)6-4-2-1-3-5-6;1-4(2,3)6-5;/h1-3H;1-5H;6H,5H2,1-3H3;1H. The molecule has 0 aliphatic carbocycles. The van der Waals surface area contributed by atoms with Crippen molar-refractivity contribution < 1.29 is 9.59 Å². The molecular formula is C18H21Cl5N2O2. The maximum atomic E-state index is 10.7. The molecule has 0 radical (unpaired) electrons. The predicted octanol–water partition coefficient (Wildman–Crippen LogP) is 6.11.